The summed E-state index contributed by atoms with van der Waals surface area (Å²) in [4.78, 5) is 0. The number of ether oxygens (including phenoxy) is 3. The fraction of sp³-hybridized carbons (Fsp3) is 0.136. The summed E-state index contributed by atoms with van der Waals surface area (Å²) >= 11 is 0. The van der Waals surface area contributed by atoms with Gasteiger partial charge in [-0.15, -0.1) is 0 Å². The van der Waals surface area contributed by atoms with Crippen molar-refractivity contribution in [2.75, 3.05) is 20.2 Å². The molecular weight excluding hydrogens is 420 g/mol. The maximum atomic E-state index is 9.19. The number of hydrogen-bond acceptors (Lipinski definition) is 6. The van der Waals surface area contributed by atoms with Crippen LogP contribution in [0.15, 0.2) is 48.5 Å². The van der Waals surface area contributed by atoms with Crippen molar-refractivity contribution in [3.63, 3.8) is 0 Å². The van der Waals surface area contributed by atoms with Crippen LogP contribution in [0.5, 0.6) is 17.2 Å². The average molecular weight is 442 g/mol. The number of amidine groups is 1. The molecule has 31 heavy (non-hydrogen) atoms. The van der Waals surface area contributed by atoms with Gasteiger partial charge < -0.3 is 19.9 Å². The lowest BCUT2D eigenvalue weighted by molar-refractivity contribution is 0.174. The number of nitrogens with one attached hydrogen (secondary N) is 1. The monoisotopic (exact) mass is 442 g/mol. The number of fused-ring (bicyclic) bond motifs is 2. The molecule has 1 aliphatic heterocycles. The molecule has 0 unspecified atom stereocenters. The number of methoxy groups -OCH3 is 1. The lowest BCUT2D eigenvalue weighted by atomic mass is 9.99. The Morgan fingerprint density at radius 2 is 1.77 bits per heavy atom. The Morgan fingerprint density at radius 3 is 2.45 bits per heavy atom. The van der Waals surface area contributed by atoms with Crippen LogP contribution in [0.25, 0.3) is 22.9 Å². The normalized spacial score (nSPS) is 12.5. The molecule has 1 heterocycles. The summed E-state index contributed by atoms with van der Waals surface area (Å²) in [5, 5.41) is 9.73. The van der Waals surface area contributed by atoms with Gasteiger partial charge >= 0.3 is 0 Å². The van der Waals surface area contributed by atoms with E-state index in [1.165, 1.54) is 0 Å². The van der Waals surface area contributed by atoms with Gasteiger partial charge in [0.25, 0.3) is 10.1 Å². The van der Waals surface area contributed by atoms with Crippen LogP contribution in [0.1, 0.15) is 16.7 Å². The zero-order valence-corrected chi connectivity index (χ0v) is 17.8. The highest BCUT2D eigenvalue weighted by atomic mass is 32.2. The minimum absolute atomic E-state index is 0.0421. The van der Waals surface area contributed by atoms with Gasteiger partial charge in [-0.3, -0.25) is 9.96 Å². The van der Waals surface area contributed by atoms with E-state index in [1.54, 1.807) is 7.11 Å². The maximum absolute atomic E-state index is 9.19. The Bertz CT molecular complexity index is 1260. The van der Waals surface area contributed by atoms with Crippen LogP contribution in [0.3, 0.4) is 0 Å². The number of rotatable bonds is 4. The fourth-order valence-electron chi connectivity index (χ4n) is 3.04. The summed E-state index contributed by atoms with van der Waals surface area (Å²) in [6, 6.07) is 15.5. The lowest BCUT2D eigenvalue weighted by Gasteiger charge is -2.10. The largest absolute Gasteiger partial charge is 0.496 e. The molecular formula is C22H22N2O6S. The predicted molar refractivity (Wildman–Crippen MR) is 120 cm³/mol. The van der Waals surface area contributed by atoms with Gasteiger partial charge in [-0.05, 0) is 40.6 Å². The van der Waals surface area contributed by atoms with Crippen LogP contribution >= 0.6 is 0 Å². The van der Waals surface area contributed by atoms with Crippen molar-refractivity contribution in [1.29, 1.82) is 5.41 Å². The van der Waals surface area contributed by atoms with Gasteiger partial charge in [0.15, 0.2) is 11.5 Å². The predicted octanol–water partition coefficient (Wildman–Crippen LogP) is 3.54. The quantitative estimate of drug-likeness (QED) is 0.244. The first-order chi connectivity index (χ1) is 14.7. The van der Waals surface area contributed by atoms with Crippen molar-refractivity contribution in [1.82, 2.24) is 0 Å². The molecule has 0 aliphatic carbocycles. The van der Waals surface area contributed by atoms with Gasteiger partial charge in [0, 0.05) is 11.1 Å². The topological polar surface area (TPSA) is 132 Å². The smallest absolute Gasteiger partial charge is 0.261 e. The lowest BCUT2D eigenvalue weighted by Crippen LogP contribution is -2.10. The fourth-order valence-corrected chi connectivity index (χ4v) is 3.04. The van der Waals surface area contributed by atoms with E-state index in [4.69, 9.17) is 29.9 Å². The van der Waals surface area contributed by atoms with Crippen LogP contribution in [-0.2, 0) is 10.1 Å². The van der Waals surface area contributed by atoms with E-state index >= 15 is 0 Å². The summed E-state index contributed by atoms with van der Waals surface area (Å²) in [7, 11) is -2.02. The van der Waals surface area contributed by atoms with Gasteiger partial charge in [0.05, 0.1) is 13.4 Å². The molecule has 0 saturated carbocycles. The number of nitrogens with two attached hydrogens (primary N) is 1. The van der Waals surface area contributed by atoms with Crippen LogP contribution in [0.4, 0.5) is 0 Å². The molecule has 1 aliphatic rings. The minimum atomic E-state index is -3.67. The minimum Gasteiger partial charge on any atom is -0.496 e. The molecule has 0 spiro atoms. The molecule has 8 nitrogen and oxygen atoms in total. The number of nitrogen functional groups attached to an aromatic ring is 1. The first-order valence-electron chi connectivity index (χ1n) is 9.11. The molecule has 0 fully saturated rings. The van der Waals surface area contributed by atoms with E-state index in [-0.39, 0.29) is 12.6 Å². The highest BCUT2D eigenvalue weighted by Gasteiger charge is 2.13. The average Bonchev–Trinajstić information content (AvgIpc) is 3.18. The molecule has 4 N–H and O–H groups in total. The molecule has 3 aromatic rings. The molecule has 0 atom stereocenters. The highest BCUT2D eigenvalue weighted by molar-refractivity contribution is 7.85. The Balaban J connectivity index is 0.000000491. The van der Waals surface area contributed by atoms with E-state index < -0.39 is 10.1 Å². The second-order valence-electron chi connectivity index (χ2n) is 6.71. The molecule has 0 aromatic heterocycles. The van der Waals surface area contributed by atoms with E-state index in [0.29, 0.717) is 11.8 Å². The van der Waals surface area contributed by atoms with Crippen LogP contribution < -0.4 is 19.9 Å². The SMILES string of the molecule is COc1ccc2ccc(C(=N)N)cc2c1/C=C/c1ccc2c(c1)OCO2.CS(=O)(=O)O. The highest BCUT2D eigenvalue weighted by Crippen LogP contribution is 2.34. The second-order valence-corrected chi connectivity index (χ2v) is 8.18. The zero-order valence-electron chi connectivity index (χ0n) is 17.0. The summed E-state index contributed by atoms with van der Waals surface area (Å²) < 4.78 is 42.2. The van der Waals surface area contributed by atoms with Gasteiger partial charge in [-0.2, -0.15) is 8.42 Å². The number of hydrogen-bond donors (Lipinski definition) is 3. The Hall–Kier alpha value is -3.56. The molecule has 162 valence electrons. The molecule has 0 saturated heterocycles. The van der Waals surface area contributed by atoms with Gasteiger partial charge in [0.2, 0.25) is 6.79 Å². The summed E-state index contributed by atoms with van der Waals surface area (Å²) in [6.45, 7) is 0.257. The molecule has 0 radical (unpaired) electrons. The van der Waals surface area contributed by atoms with E-state index in [1.807, 2.05) is 60.7 Å². The molecule has 9 heteroatoms. The van der Waals surface area contributed by atoms with Gasteiger partial charge in [-0.25, -0.2) is 0 Å². The third-order valence-corrected chi connectivity index (χ3v) is 4.39. The molecule has 0 amide bonds. The Labute approximate surface area is 180 Å². The molecule has 0 bridgehead atoms. The first-order valence-corrected chi connectivity index (χ1v) is 11.0. The summed E-state index contributed by atoms with van der Waals surface area (Å²) in [5.74, 6) is 2.31. The van der Waals surface area contributed by atoms with Gasteiger partial charge in [-0.1, -0.05) is 36.4 Å². The second kappa shape index (κ2) is 9.07. The van der Waals surface area contributed by atoms with Crippen molar-refractivity contribution in [2.45, 2.75) is 0 Å². The maximum Gasteiger partial charge on any atom is 0.261 e. The Morgan fingerprint density at radius 1 is 1.10 bits per heavy atom. The Kier molecular flexibility index (Phi) is 6.47. The van der Waals surface area contributed by atoms with Gasteiger partial charge in [0.1, 0.15) is 11.6 Å². The third kappa shape index (κ3) is 5.74. The third-order valence-electron chi connectivity index (χ3n) is 4.39. The van der Waals surface area contributed by atoms with Crippen molar-refractivity contribution in [3.8, 4) is 17.2 Å². The van der Waals surface area contributed by atoms with Crippen LogP contribution in [0.2, 0.25) is 0 Å². The summed E-state index contributed by atoms with van der Waals surface area (Å²) in [6.07, 6.45) is 4.72. The van der Waals surface area contributed by atoms with E-state index in [9.17, 15) is 8.42 Å². The first kappa shape index (κ1) is 22.1. The zero-order chi connectivity index (χ0) is 22.6. The van der Waals surface area contributed by atoms with E-state index in [0.717, 1.165) is 39.1 Å². The standard InChI is InChI=1S/C21H18N2O3.CH4O3S/c1-24-18-9-6-14-4-5-15(21(22)23)11-17(14)16(18)7-2-13-3-8-19-20(10-13)26-12-25-19;1-5(2,3)4/h2-11H,12H2,1H3,(H3,22,23);1H3,(H,2,3,4)/b7-2+;. The van der Waals surface area contributed by atoms with E-state index in [2.05, 4.69) is 0 Å². The molecule has 4 rings (SSSR count). The van der Waals surface area contributed by atoms with Crippen LogP contribution in [-0.4, -0.2) is 39.0 Å². The molecule has 3 aromatic carbocycles. The van der Waals surface area contributed by atoms with Crippen molar-refractivity contribution in [3.05, 3.63) is 65.2 Å². The van der Waals surface area contributed by atoms with Crippen molar-refractivity contribution < 1.29 is 27.2 Å². The number of benzene rings is 3. The summed E-state index contributed by atoms with van der Waals surface area (Å²) in [5.41, 5.74) is 8.27. The van der Waals surface area contributed by atoms with Crippen molar-refractivity contribution >= 4 is 38.9 Å². The van der Waals surface area contributed by atoms with Crippen LogP contribution in [0, 0.1) is 5.41 Å². The van der Waals surface area contributed by atoms with Crippen molar-refractivity contribution in [2.24, 2.45) is 5.73 Å².